The molecule has 30 heavy (non-hydrogen) atoms. The van der Waals surface area contributed by atoms with Gasteiger partial charge in [-0.1, -0.05) is 29.3 Å². The van der Waals surface area contributed by atoms with E-state index in [-0.39, 0.29) is 26.7 Å². The Morgan fingerprint density at radius 1 is 0.867 bits per heavy atom. The Labute approximate surface area is 182 Å². The number of sulfonamides is 1. The van der Waals surface area contributed by atoms with Crippen molar-refractivity contribution in [2.75, 3.05) is 10.0 Å². The first-order valence-electron chi connectivity index (χ1n) is 8.38. The van der Waals surface area contributed by atoms with Crippen molar-refractivity contribution in [3.05, 3.63) is 87.9 Å². The highest BCUT2D eigenvalue weighted by Crippen LogP contribution is 2.23. The predicted molar refractivity (Wildman–Crippen MR) is 115 cm³/mol. The zero-order valence-electron chi connectivity index (χ0n) is 15.1. The highest BCUT2D eigenvalue weighted by molar-refractivity contribution is 7.92. The Hall–Kier alpha value is -3.07. The van der Waals surface area contributed by atoms with Gasteiger partial charge in [-0.15, -0.1) is 0 Å². The maximum atomic E-state index is 12.6. The number of nitrogens with one attached hydrogen (secondary N) is 2. The highest BCUT2D eigenvalue weighted by atomic mass is 35.5. The zero-order valence-corrected chi connectivity index (χ0v) is 17.4. The molecule has 0 aromatic heterocycles. The molecule has 0 fully saturated rings. The zero-order chi connectivity index (χ0) is 21.9. The number of anilines is 2. The molecule has 0 heterocycles. The van der Waals surface area contributed by atoms with Crippen LogP contribution in [0, 0.1) is 0 Å². The standard InChI is InChI=1S/C20H14Cl2N2O5S/c21-13-4-7-15(8-5-13)24-30(28,29)16-3-1-2-12(10-16)19(25)23-18-9-6-14(22)11-17(18)20(26)27/h1-11,24H,(H,23,25)(H,26,27). The summed E-state index contributed by atoms with van der Waals surface area (Å²) in [5.74, 6) is -1.94. The molecule has 0 radical (unpaired) electrons. The molecule has 0 atom stereocenters. The summed E-state index contributed by atoms with van der Waals surface area (Å²) in [6, 6.07) is 15.4. The van der Waals surface area contributed by atoms with Gasteiger partial charge in [0.15, 0.2) is 0 Å². The topological polar surface area (TPSA) is 113 Å². The molecule has 0 aliphatic rings. The Balaban J connectivity index is 1.85. The number of aromatic carboxylic acids is 1. The fraction of sp³-hybridized carbons (Fsp3) is 0. The molecule has 3 aromatic carbocycles. The molecule has 0 aliphatic heterocycles. The monoisotopic (exact) mass is 464 g/mol. The van der Waals surface area contributed by atoms with Crippen LogP contribution in [0.25, 0.3) is 0 Å². The predicted octanol–water partition coefficient (Wildman–Crippen LogP) is 4.74. The number of rotatable bonds is 6. The van der Waals surface area contributed by atoms with Gasteiger partial charge in [0.2, 0.25) is 0 Å². The van der Waals surface area contributed by atoms with Crippen LogP contribution < -0.4 is 10.0 Å². The van der Waals surface area contributed by atoms with Crippen LogP contribution in [0.2, 0.25) is 10.0 Å². The minimum atomic E-state index is -3.97. The van der Waals surface area contributed by atoms with Gasteiger partial charge in [0.1, 0.15) is 0 Å². The average Bonchev–Trinajstić information content (AvgIpc) is 2.71. The summed E-state index contributed by atoms with van der Waals surface area (Å²) in [6.07, 6.45) is 0. The van der Waals surface area contributed by atoms with E-state index in [1.54, 1.807) is 0 Å². The first-order valence-corrected chi connectivity index (χ1v) is 10.6. The number of carboxylic acids is 1. The van der Waals surface area contributed by atoms with Crippen LogP contribution in [0.4, 0.5) is 11.4 Å². The SMILES string of the molecule is O=C(Nc1ccc(Cl)cc1C(=O)O)c1cccc(S(=O)(=O)Nc2ccc(Cl)cc2)c1. The van der Waals surface area contributed by atoms with Crippen molar-refractivity contribution in [2.24, 2.45) is 0 Å². The quantitative estimate of drug-likeness (QED) is 0.487. The van der Waals surface area contributed by atoms with E-state index in [0.717, 1.165) is 0 Å². The van der Waals surface area contributed by atoms with E-state index in [2.05, 4.69) is 10.0 Å². The van der Waals surface area contributed by atoms with Crippen molar-refractivity contribution >= 4 is 56.5 Å². The number of halogens is 2. The smallest absolute Gasteiger partial charge is 0.337 e. The third-order valence-corrected chi connectivity index (χ3v) is 5.83. The van der Waals surface area contributed by atoms with Gasteiger partial charge in [-0.3, -0.25) is 9.52 Å². The van der Waals surface area contributed by atoms with Crippen LogP contribution in [0.3, 0.4) is 0 Å². The maximum Gasteiger partial charge on any atom is 0.337 e. The van der Waals surface area contributed by atoms with Crippen molar-refractivity contribution in [3.8, 4) is 0 Å². The number of benzene rings is 3. The molecule has 0 saturated heterocycles. The summed E-state index contributed by atoms with van der Waals surface area (Å²) in [5.41, 5.74) is 0.176. The minimum absolute atomic E-state index is 0.0280. The van der Waals surface area contributed by atoms with E-state index in [9.17, 15) is 23.1 Å². The van der Waals surface area contributed by atoms with E-state index in [1.807, 2.05) is 0 Å². The molecule has 0 saturated carbocycles. The van der Waals surface area contributed by atoms with Crippen LogP contribution in [-0.4, -0.2) is 25.4 Å². The first kappa shape index (κ1) is 21.6. The number of carbonyl (C=O) groups is 2. The number of carbonyl (C=O) groups excluding carboxylic acids is 1. The van der Waals surface area contributed by atoms with Crippen molar-refractivity contribution in [3.63, 3.8) is 0 Å². The molecular weight excluding hydrogens is 451 g/mol. The number of hydrogen-bond acceptors (Lipinski definition) is 4. The van der Waals surface area contributed by atoms with Gasteiger partial charge in [0, 0.05) is 21.3 Å². The van der Waals surface area contributed by atoms with E-state index >= 15 is 0 Å². The Morgan fingerprint density at radius 2 is 1.53 bits per heavy atom. The first-order chi connectivity index (χ1) is 14.2. The molecule has 0 unspecified atom stereocenters. The normalized spacial score (nSPS) is 11.0. The van der Waals surface area contributed by atoms with E-state index in [1.165, 1.54) is 66.7 Å². The second-order valence-corrected chi connectivity index (χ2v) is 8.64. The van der Waals surface area contributed by atoms with Gasteiger partial charge in [0.05, 0.1) is 16.1 Å². The summed E-state index contributed by atoms with van der Waals surface area (Å²) in [4.78, 5) is 23.8. The van der Waals surface area contributed by atoms with Crippen LogP contribution in [0.5, 0.6) is 0 Å². The third kappa shape index (κ3) is 5.10. The molecule has 3 rings (SSSR count). The number of carboxylic acid groups (broad SMARTS) is 1. The average molecular weight is 465 g/mol. The fourth-order valence-corrected chi connectivity index (χ4v) is 3.94. The van der Waals surface area contributed by atoms with Gasteiger partial charge in [0.25, 0.3) is 15.9 Å². The highest BCUT2D eigenvalue weighted by Gasteiger charge is 2.18. The second kappa shape index (κ2) is 8.74. The summed E-state index contributed by atoms with van der Waals surface area (Å²) in [7, 11) is -3.97. The van der Waals surface area contributed by atoms with Gasteiger partial charge in [-0.25, -0.2) is 13.2 Å². The molecular formula is C20H14Cl2N2O5S. The van der Waals surface area contributed by atoms with Crippen LogP contribution in [-0.2, 0) is 10.0 Å². The van der Waals surface area contributed by atoms with Crippen LogP contribution in [0.1, 0.15) is 20.7 Å². The molecule has 0 bridgehead atoms. The molecule has 7 nitrogen and oxygen atoms in total. The lowest BCUT2D eigenvalue weighted by Gasteiger charge is -2.11. The molecule has 1 amide bonds. The van der Waals surface area contributed by atoms with Gasteiger partial charge >= 0.3 is 5.97 Å². The molecule has 3 aromatic rings. The summed E-state index contributed by atoms with van der Waals surface area (Å²) >= 11 is 11.6. The molecule has 3 N–H and O–H groups in total. The Morgan fingerprint density at radius 3 is 2.20 bits per heavy atom. The van der Waals surface area contributed by atoms with E-state index < -0.39 is 21.9 Å². The molecule has 0 aliphatic carbocycles. The lowest BCUT2D eigenvalue weighted by atomic mass is 10.1. The fourth-order valence-electron chi connectivity index (χ4n) is 2.53. The Kier molecular flexibility index (Phi) is 6.31. The largest absolute Gasteiger partial charge is 0.478 e. The van der Waals surface area contributed by atoms with Gasteiger partial charge < -0.3 is 10.4 Å². The third-order valence-electron chi connectivity index (χ3n) is 3.96. The van der Waals surface area contributed by atoms with Crippen molar-refractivity contribution < 1.29 is 23.1 Å². The summed E-state index contributed by atoms with van der Waals surface area (Å²) in [5, 5.41) is 12.4. The van der Waals surface area contributed by atoms with Crippen molar-refractivity contribution in [1.29, 1.82) is 0 Å². The van der Waals surface area contributed by atoms with Gasteiger partial charge in [-0.05, 0) is 60.7 Å². The Bertz CT molecular complexity index is 1230. The van der Waals surface area contributed by atoms with E-state index in [4.69, 9.17) is 23.2 Å². The molecule has 10 heteroatoms. The number of amides is 1. The lowest BCUT2D eigenvalue weighted by molar-refractivity contribution is 0.0698. The van der Waals surface area contributed by atoms with Crippen LogP contribution >= 0.6 is 23.2 Å². The summed E-state index contributed by atoms with van der Waals surface area (Å²) in [6.45, 7) is 0. The minimum Gasteiger partial charge on any atom is -0.478 e. The second-order valence-electron chi connectivity index (χ2n) is 6.09. The lowest BCUT2D eigenvalue weighted by Crippen LogP contribution is -2.17. The van der Waals surface area contributed by atoms with Gasteiger partial charge in [-0.2, -0.15) is 0 Å². The van der Waals surface area contributed by atoms with Crippen molar-refractivity contribution in [1.82, 2.24) is 0 Å². The maximum absolute atomic E-state index is 12.6. The van der Waals surface area contributed by atoms with Crippen molar-refractivity contribution in [2.45, 2.75) is 4.90 Å². The molecule has 154 valence electrons. The molecule has 0 spiro atoms. The van der Waals surface area contributed by atoms with E-state index in [0.29, 0.717) is 10.7 Å². The van der Waals surface area contributed by atoms with Crippen LogP contribution in [0.15, 0.2) is 71.6 Å². The summed E-state index contributed by atoms with van der Waals surface area (Å²) < 4.78 is 27.7. The number of hydrogen-bond donors (Lipinski definition) is 3.